The molecule has 0 radical (unpaired) electrons. The van der Waals surface area contributed by atoms with Gasteiger partial charge in [0.1, 0.15) is 5.75 Å². The third-order valence-corrected chi connectivity index (χ3v) is 2.33. The Balaban J connectivity index is 2.11. The zero-order valence-electron chi connectivity index (χ0n) is 9.42. The van der Waals surface area contributed by atoms with Crippen molar-refractivity contribution in [3.8, 4) is 5.75 Å². The molecule has 4 nitrogen and oxygen atoms in total. The van der Waals surface area contributed by atoms with E-state index < -0.39 is 0 Å². The molecule has 86 valence electrons. The first-order valence-electron chi connectivity index (χ1n) is 5.25. The smallest absolute Gasteiger partial charge is 0.204 e. The van der Waals surface area contributed by atoms with Crippen LogP contribution in [-0.2, 0) is 6.42 Å². The van der Waals surface area contributed by atoms with Crippen LogP contribution in [0.4, 0.5) is 0 Å². The predicted molar refractivity (Wildman–Crippen MR) is 62.9 cm³/mol. The molecule has 4 heteroatoms. The van der Waals surface area contributed by atoms with Gasteiger partial charge in [0.25, 0.3) is 0 Å². The van der Waals surface area contributed by atoms with Crippen LogP contribution in [0.3, 0.4) is 0 Å². The number of hydrogen-bond acceptors (Lipinski definition) is 4. The van der Waals surface area contributed by atoms with Crippen molar-refractivity contribution >= 4 is 5.78 Å². The van der Waals surface area contributed by atoms with Crippen LogP contribution in [-0.4, -0.2) is 20.9 Å². The molecule has 1 N–H and O–H groups in total. The molecule has 2 aromatic rings. The van der Waals surface area contributed by atoms with Gasteiger partial charge in [-0.3, -0.25) is 4.79 Å². The van der Waals surface area contributed by atoms with Crippen molar-refractivity contribution in [3.05, 3.63) is 53.6 Å². The lowest BCUT2D eigenvalue weighted by molar-refractivity contribution is 0.0983. The predicted octanol–water partition coefficient (Wildman–Crippen LogP) is 1.92. The summed E-state index contributed by atoms with van der Waals surface area (Å²) in [4.78, 5) is 19.8. The average Bonchev–Trinajstić information content (AvgIpc) is 2.33. The second kappa shape index (κ2) is 4.74. The highest BCUT2D eigenvalue weighted by Gasteiger charge is 2.09. The number of benzene rings is 1. The lowest BCUT2D eigenvalue weighted by Gasteiger charge is -2.01. The van der Waals surface area contributed by atoms with Gasteiger partial charge in [0.15, 0.2) is 5.82 Å². The van der Waals surface area contributed by atoms with Gasteiger partial charge in [0.2, 0.25) is 5.78 Å². The molecule has 17 heavy (non-hydrogen) atoms. The molecule has 0 aliphatic carbocycles. The number of ketones is 1. The number of aryl methyl sites for hydroxylation is 1. The number of hydrogen-bond donors (Lipinski definition) is 1. The van der Waals surface area contributed by atoms with Gasteiger partial charge in [0, 0.05) is 18.8 Å². The summed E-state index contributed by atoms with van der Waals surface area (Å²) in [6.45, 7) is 1.87. The molecule has 0 atom stereocenters. The molecule has 0 saturated heterocycles. The van der Waals surface area contributed by atoms with Crippen molar-refractivity contribution in [2.24, 2.45) is 0 Å². The maximum Gasteiger partial charge on any atom is 0.204 e. The Kier molecular flexibility index (Phi) is 3.14. The van der Waals surface area contributed by atoms with Gasteiger partial charge < -0.3 is 5.11 Å². The van der Waals surface area contributed by atoms with E-state index in [4.69, 9.17) is 5.11 Å². The number of carbonyl (C=O) groups is 1. The average molecular weight is 228 g/mol. The highest BCUT2D eigenvalue weighted by Crippen LogP contribution is 2.11. The summed E-state index contributed by atoms with van der Waals surface area (Å²) in [6, 6.07) is 6.53. The first-order valence-corrected chi connectivity index (χ1v) is 5.25. The van der Waals surface area contributed by atoms with Crippen molar-refractivity contribution < 1.29 is 9.90 Å². The molecule has 2 rings (SSSR count). The molecule has 0 unspecified atom stereocenters. The maximum absolute atomic E-state index is 11.8. The summed E-state index contributed by atoms with van der Waals surface area (Å²) in [5.41, 5.74) is 1.75. The minimum Gasteiger partial charge on any atom is -0.508 e. The Labute approximate surface area is 99.0 Å². The van der Waals surface area contributed by atoms with E-state index in [2.05, 4.69) is 9.97 Å². The van der Waals surface area contributed by atoms with Crippen LogP contribution in [0.5, 0.6) is 5.75 Å². The Morgan fingerprint density at radius 3 is 2.35 bits per heavy atom. The Morgan fingerprint density at radius 2 is 1.76 bits per heavy atom. The van der Waals surface area contributed by atoms with Crippen LogP contribution in [0.25, 0.3) is 0 Å². The van der Waals surface area contributed by atoms with Crippen LogP contribution < -0.4 is 0 Å². The molecule has 0 aliphatic heterocycles. The first kappa shape index (κ1) is 11.3. The molecule has 0 amide bonds. The fourth-order valence-corrected chi connectivity index (χ4v) is 1.41. The fourth-order valence-electron chi connectivity index (χ4n) is 1.41. The molecule has 0 fully saturated rings. The molecular formula is C13H12N2O2. The SMILES string of the molecule is Cc1cnc(C(=O)Cc2ccc(O)cc2)nc1. The Morgan fingerprint density at radius 1 is 1.18 bits per heavy atom. The second-order valence-electron chi connectivity index (χ2n) is 3.85. The Hall–Kier alpha value is -2.23. The van der Waals surface area contributed by atoms with Crippen LogP contribution in [0, 0.1) is 6.92 Å². The summed E-state index contributed by atoms with van der Waals surface area (Å²) < 4.78 is 0. The molecule has 0 bridgehead atoms. The lowest BCUT2D eigenvalue weighted by Crippen LogP contribution is -2.08. The first-order chi connectivity index (χ1) is 8.15. The van der Waals surface area contributed by atoms with Crippen molar-refractivity contribution in [1.82, 2.24) is 9.97 Å². The van der Waals surface area contributed by atoms with Gasteiger partial charge in [-0.15, -0.1) is 0 Å². The van der Waals surface area contributed by atoms with Crippen molar-refractivity contribution in [3.63, 3.8) is 0 Å². The normalized spacial score (nSPS) is 10.2. The minimum absolute atomic E-state index is 0.129. The number of carbonyl (C=O) groups excluding carboxylic acids is 1. The molecule has 1 aromatic carbocycles. The van der Waals surface area contributed by atoms with E-state index in [1.165, 1.54) is 0 Å². The lowest BCUT2D eigenvalue weighted by atomic mass is 10.1. The van der Waals surface area contributed by atoms with Gasteiger partial charge in [-0.1, -0.05) is 12.1 Å². The number of phenolic OH excluding ortho intramolecular Hbond substituents is 1. The van der Waals surface area contributed by atoms with E-state index in [1.807, 2.05) is 6.92 Å². The molecule has 0 spiro atoms. The molecule has 1 aromatic heterocycles. The highest BCUT2D eigenvalue weighted by atomic mass is 16.3. The molecule has 0 aliphatic rings. The van der Waals surface area contributed by atoms with Crippen molar-refractivity contribution in [1.29, 1.82) is 0 Å². The standard InChI is InChI=1S/C13H12N2O2/c1-9-7-14-13(15-8-9)12(17)6-10-2-4-11(16)5-3-10/h2-5,7-8,16H,6H2,1H3. The fraction of sp³-hybridized carbons (Fsp3) is 0.154. The summed E-state index contributed by atoms with van der Waals surface area (Å²) in [5, 5.41) is 9.13. The summed E-state index contributed by atoms with van der Waals surface area (Å²) in [6.07, 6.45) is 3.48. The number of nitrogens with zero attached hydrogens (tertiary/aromatic N) is 2. The molecule has 1 heterocycles. The zero-order valence-corrected chi connectivity index (χ0v) is 9.42. The van der Waals surface area contributed by atoms with E-state index in [1.54, 1.807) is 36.7 Å². The van der Waals surface area contributed by atoms with Gasteiger partial charge >= 0.3 is 0 Å². The summed E-state index contributed by atoms with van der Waals surface area (Å²) in [7, 11) is 0. The number of rotatable bonds is 3. The monoisotopic (exact) mass is 228 g/mol. The number of phenols is 1. The van der Waals surface area contributed by atoms with Gasteiger partial charge in [-0.2, -0.15) is 0 Å². The number of Topliss-reactive ketones (excluding diaryl/α,β-unsaturated/α-hetero) is 1. The topological polar surface area (TPSA) is 63.1 Å². The third-order valence-electron chi connectivity index (χ3n) is 2.33. The highest BCUT2D eigenvalue weighted by molar-refractivity contribution is 5.94. The zero-order chi connectivity index (χ0) is 12.3. The van der Waals surface area contributed by atoms with Gasteiger partial charge in [0.05, 0.1) is 0 Å². The van der Waals surface area contributed by atoms with Gasteiger partial charge in [-0.05, 0) is 30.2 Å². The van der Waals surface area contributed by atoms with E-state index in [0.717, 1.165) is 11.1 Å². The number of aromatic hydroxyl groups is 1. The van der Waals surface area contributed by atoms with Crippen molar-refractivity contribution in [2.75, 3.05) is 0 Å². The summed E-state index contributed by atoms with van der Waals surface area (Å²) >= 11 is 0. The van der Waals surface area contributed by atoms with Crippen LogP contribution in [0.15, 0.2) is 36.7 Å². The minimum atomic E-state index is -0.129. The summed E-state index contributed by atoms with van der Waals surface area (Å²) in [5.74, 6) is 0.284. The van der Waals surface area contributed by atoms with Crippen LogP contribution >= 0.6 is 0 Å². The van der Waals surface area contributed by atoms with E-state index in [9.17, 15) is 4.79 Å². The quantitative estimate of drug-likeness (QED) is 0.815. The molecule has 0 saturated carbocycles. The largest absolute Gasteiger partial charge is 0.508 e. The molecular weight excluding hydrogens is 216 g/mol. The Bertz CT molecular complexity index is 518. The van der Waals surface area contributed by atoms with E-state index >= 15 is 0 Å². The maximum atomic E-state index is 11.8. The van der Waals surface area contributed by atoms with Gasteiger partial charge in [-0.25, -0.2) is 9.97 Å². The third kappa shape index (κ3) is 2.87. The van der Waals surface area contributed by atoms with Crippen molar-refractivity contribution in [2.45, 2.75) is 13.3 Å². The van der Waals surface area contributed by atoms with E-state index in [-0.39, 0.29) is 23.8 Å². The van der Waals surface area contributed by atoms with Crippen LogP contribution in [0.2, 0.25) is 0 Å². The number of aromatic nitrogens is 2. The van der Waals surface area contributed by atoms with E-state index in [0.29, 0.717) is 0 Å². The van der Waals surface area contributed by atoms with Crippen LogP contribution in [0.1, 0.15) is 21.7 Å². The second-order valence-corrected chi connectivity index (χ2v) is 3.85.